The largest absolute Gasteiger partial charge is 0.481 e. The molecular formula is C18H16O2. The van der Waals surface area contributed by atoms with E-state index in [1.807, 2.05) is 12.1 Å². The minimum atomic E-state index is -0.670. The third kappa shape index (κ3) is 1.31. The summed E-state index contributed by atoms with van der Waals surface area (Å²) in [4.78, 5) is 11.8. The summed E-state index contributed by atoms with van der Waals surface area (Å²) in [5, 5.41) is 9.68. The van der Waals surface area contributed by atoms with E-state index in [-0.39, 0.29) is 23.7 Å². The summed E-state index contributed by atoms with van der Waals surface area (Å²) in [6.45, 7) is 2.09. The van der Waals surface area contributed by atoms with Gasteiger partial charge in [0.25, 0.3) is 0 Å². The second kappa shape index (κ2) is 3.95. The van der Waals surface area contributed by atoms with E-state index in [2.05, 4.69) is 43.3 Å². The summed E-state index contributed by atoms with van der Waals surface area (Å²) in [6, 6.07) is 16.7. The molecule has 1 N–H and O–H groups in total. The summed E-state index contributed by atoms with van der Waals surface area (Å²) in [6.07, 6.45) is 0. The van der Waals surface area contributed by atoms with Gasteiger partial charge >= 0.3 is 5.97 Å². The molecule has 0 aliphatic heterocycles. The fourth-order valence-electron chi connectivity index (χ4n) is 4.32. The van der Waals surface area contributed by atoms with Gasteiger partial charge in [0.2, 0.25) is 0 Å². The van der Waals surface area contributed by atoms with Crippen LogP contribution in [-0.2, 0) is 4.79 Å². The molecule has 0 spiro atoms. The predicted molar refractivity (Wildman–Crippen MR) is 76.9 cm³/mol. The van der Waals surface area contributed by atoms with E-state index in [4.69, 9.17) is 0 Å². The molecule has 0 saturated heterocycles. The molecule has 20 heavy (non-hydrogen) atoms. The van der Waals surface area contributed by atoms with Crippen molar-refractivity contribution in [2.45, 2.75) is 18.8 Å². The van der Waals surface area contributed by atoms with Gasteiger partial charge < -0.3 is 5.11 Å². The van der Waals surface area contributed by atoms with Crippen LogP contribution in [0.25, 0.3) is 0 Å². The Labute approximate surface area is 118 Å². The summed E-state index contributed by atoms with van der Waals surface area (Å²) < 4.78 is 0. The first kappa shape index (κ1) is 11.7. The first-order chi connectivity index (χ1) is 9.70. The molecule has 0 amide bonds. The molecule has 0 radical (unpaired) electrons. The lowest BCUT2D eigenvalue weighted by Crippen LogP contribution is -2.42. The number of rotatable bonds is 1. The van der Waals surface area contributed by atoms with Crippen LogP contribution in [0.3, 0.4) is 0 Å². The molecule has 2 heteroatoms. The predicted octanol–water partition coefficient (Wildman–Crippen LogP) is 3.61. The van der Waals surface area contributed by atoms with Crippen molar-refractivity contribution in [3.63, 3.8) is 0 Å². The average molecular weight is 264 g/mol. The standard InChI is InChI=1S/C18H16O2/c1-10-15-11-6-2-4-8-13(11)17(16(10)18(19)20)14-9-5-3-7-12(14)15/h2-10,15-17H,1H3,(H,19,20)/t10-,15?,16-,17?/m1/s1. The Bertz CT molecular complexity index is 657. The zero-order valence-electron chi connectivity index (χ0n) is 11.3. The molecule has 0 fully saturated rings. The highest BCUT2D eigenvalue weighted by molar-refractivity contribution is 5.76. The summed E-state index contributed by atoms with van der Waals surface area (Å²) in [7, 11) is 0. The molecular weight excluding hydrogens is 248 g/mol. The number of hydrogen-bond acceptors (Lipinski definition) is 1. The van der Waals surface area contributed by atoms with Crippen molar-refractivity contribution in [2.24, 2.45) is 11.8 Å². The normalized spacial score (nSPS) is 29.6. The molecule has 0 heterocycles. The zero-order chi connectivity index (χ0) is 13.9. The van der Waals surface area contributed by atoms with Crippen LogP contribution < -0.4 is 0 Å². The highest BCUT2D eigenvalue weighted by Gasteiger charge is 2.50. The van der Waals surface area contributed by atoms with E-state index in [9.17, 15) is 9.90 Å². The Kier molecular flexibility index (Phi) is 2.31. The minimum Gasteiger partial charge on any atom is -0.481 e. The number of carbonyl (C=O) groups is 1. The van der Waals surface area contributed by atoms with Gasteiger partial charge in [0, 0.05) is 11.8 Å². The topological polar surface area (TPSA) is 37.3 Å². The molecule has 2 nitrogen and oxygen atoms in total. The first-order valence-electron chi connectivity index (χ1n) is 7.10. The van der Waals surface area contributed by atoms with Crippen LogP contribution in [-0.4, -0.2) is 11.1 Å². The third-order valence-corrected chi connectivity index (χ3v) is 5.07. The number of carboxylic acid groups (broad SMARTS) is 1. The maximum atomic E-state index is 11.8. The van der Waals surface area contributed by atoms with Crippen LogP contribution in [0.5, 0.6) is 0 Å². The van der Waals surface area contributed by atoms with E-state index in [1.54, 1.807) is 0 Å². The summed E-state index contributed by atoms with van der Waals surface area (Å²) in [5.41, 5.74) is 5.06. The molecule has 2 aromatic carbocycles. The number of benzene rings is 2. The molecule has 100 valence electrons. The second-order valence-corrected chi connectivity index (χ2v) is 5.94. The van der Waals surface area contributed by atoms with Gasteiger partial charge in [-0.3, -0.25) is 4.79 Å². The molecule has 2 aromatic rings. The lowest BCUT2D eigenvalue weighted by molar-refractivity contribution is -0.145. The van der Waals surface area contributed by atoms with Crippen molar-refractivity contribution in [1.29, 1.82) is 0 Å². The highest BCUT2D eigenvalue weighted by Crippen LogP contribution is 2.57. The molecule has 3 aliphatic carbocycles. The number of hydrogen-bond donors (Lipinski definition) is 1. The molecule has 2 atom stereocenters. The van der Waals surface area contributed by atoms with Gasteiger partial charge in [-0.15, -0.1) is 0 Å². The zero-order valence-corrected chi connectivity index (χ0v) is 11.3. The van der Waals surface area contributed by atoms with E-state index >= 15 is 0 Å². The smallest absolute Gasteiger partial charge is 0.307 e. The number of aliphatic carboxylic acids is 1. The van der Waals surface area contributed by atoms with Gasteiger partial charge in [0.1, 0.15) is 0 Å². The first-order valence-corrected chi connectivity index (χ1v) is 7.10. The fraction of sp³-hybridized carbons (Fsp3) is 0.278. The molecule has 5 rings (SSSR count). The van der Waals surface area contributed by atoms with Crippen LogP contribution in [0, 0.1) is 11.8 Å². The third-order valence-electron chi connectivity index (χ3n) is 5.07. The Morgan fingerprint density at radius 2 is 1.25 bits per heavy atom. The highest BCUT2D eigenvalue weighted by atomic mass is 16.4. The van der Waals surface area contributed by atoms with E-state index < -0.39 is 5.97 Å². The lowest BCUT2D eigenvalue weighted by atomic mass is 9.55. The van der Waals surface area contributed by atoms with E-state index in [1.165, 1.54) is 22.3 Å². The van der Waals surface area contributed by atoms with Crippen molar-refractivity contribution >= 4 is 5.97 Å². The maximum Gasteiger partial charge on any atom is 0.307 e. The summed E-state index contributed by atoms with van der Waals surface area (Å²) in [5.74, 6) is -0.628. The van der Waals surface area contributed by atoms with Crippen molar-refractivity contribution in [3.8, 4) is 0 Å². The van der Waals surface area contributed by atoms with E-state index in [0.29, 0.717) is 0 Å². The van der Waals surface area contributed by atoms with Gasteiger partial charge in [-0.05, 0) is 28.2 Å². The van der Waals surface area contributed by atoms with Crippen molar-refractivity contribution < 1.29 is 9.90 Å². The van der Waals surface area contributed by atoms with Gasteiger partial charge in [-0.1, -0.05) is 55.5 Å². The molecule has 2 bridgehead atoms. The van der Waals surface area contributed by atoms with Crippen molar-refractivity contribution in [1.82, 2.24) is 0 Å². The van der Waals surface area contributed by atoms with Crippen LogP contribution in [0.1, 0.15) is 41.0 Å². The lowest BCUT2D eigenvalue weighted by Gasteiger charge is -2.48. The quantitative estimate of drug-likeness (QED) is 0.854. The minimum absolute atomic E-state index is 0.0000926. The molecule has 0 saturated carbocycles. The van der Waals surface area contributed by atoms with Crippen LogP contribution in [0.4, 0.5) is 0 Å². The SMILES string of the molecule is C[C@@H]1C2c3ccccc3C(c3ccccc32)[C@@H]1C(=O)O. The Morgan fingerprint density at radius 1 is 0.850 bits per heavy atom. The average Bonchev–Trinajstić information content (AvgIpc) is 2.47. The van der Waals surface area contributed by atoms with E-state index in [0.717, 1.165) is 0 Å². The maximum absolute atomic E-state index is 11.8. The molecule has 0 aromatic heterocycles. The second-order valence-electron chi connectivity index (χ2n) is 5.94. The summed E-state index contributed by atoms with van der Waals surface area (Å²) >= 11 is 0. The molecule has 3 aliphatic rings. The van der Waals surface area contributed by atoms with Gasteiger partial charge in [0.05, 0.1) is 5.92 Å². The molecule has 0 unspecified atom stereocenters. The fourth-order valence-corrected chi connectivity index (χ4v) is 4.32. The van der Waals surface area contributed by atoms with Crippen LogP contribution in [0.15, 0.2) is 48.5 Å². The van der Waals surface area contributed by atoms with Gasteiger partial charge in [-0.25, -0.2) is 0 Å². The number of carboxylic acids is 1. The van der Waals surface area contributed by atoms with Gasteiger partial charge in [-0.2, -0.15) is 0 Å². The van der Waals surface area contributed by atoms with Crippen LogP contribution >= 0.6 is 0 Å². The van der Waals surface area contributed by atoms with Crippen molar-refractivity contribution in [2.75, 3.05) is 0 Å². The number of fused-ring (bicyclic) bond motifs is 1. The Hall–Kier alpha value is -2.09. The van der Waals surface area contributed by atoms with Crippen molar-refractivity contribution in [3.05, 3.63) is 70.8 Å². The Morgan fingerprint density at radius 3 is 1.65 bits per heavy atom. The van der Waals surface area contributed by atoms with Gasteiger partial charge in [0.15, 0.2) is 0 Å². The van der Waals surface area contributed by atoms with Crippen LogP contribution in [0.2, 0.25) is 0 Å². The monoisotopic (exact) mass is 264 g/mol. The Balaban J connectivity index is 2.04.